The lowest BCUT2D eigenvalue weighted by Gasteiger charge is -2.20. The van der Waals surface area contributed by atoms with Crippen LogP contribution in [0.2, 0.25) is 0 Å². The number of fused-ring (bicyclic) bond motifs is 2. The smallest absolute Gasteiger partial charge is 0.278 e. The Balaban J connectivity index is 1.63. The van der Waals surface area contributed by atoms with Gasteiger partial charge in [0.15, 0.2) is 11.5 Å². The molecule has 35 heavy (non-hydrogen) atoms. The van der Waals surface area contributed by atoms with E-state index in [1.807, 2.05) is 26.8 Å². The number of benzene rings is 1. The van der Waals surface area contributed by atoms with Gasteiger partial charge in [0, 0.05) is 23.8 Å². The fourth-order valence-electron chi connectivity index (χ4n) is 4.37. The van der Waals surface area contributed by atoms with E-state index in [-0.39, 0.29) is 12.1 Å². The maximum absolute atomic E-state index is 14.6. The minimum absolute atomic E-state index is 0.237. The normalized spacial score (nSPS) is 13.6. The molecule has 1 aliphatic heterocycles. The Labute approximate surface area is 202 Å². The third-order valence-corrected chi connectivity index (χ3v) is 6.09. The summed E-state index contributed by atoms with van der Waals surface area (Å²) in [6.45, 7) is 11.5. The summed E-state index contributed by atoms with van der Waals surface area (Å²) in [7, 11) is 0. The summed E-state index contributed by atoms with van der Waals surface area (Å²) in [6, 6.07) is 9.12. The van der Waals surface area contributed by atoms with Gasteiger partial charge in [0.1, 0.15) is 11.2 Å². The van der Waals surface area contributed by atoms with E-state index >= 15 is 0 Å². The van der Waals surface area contributed by atoms with E-state index < -0.39 is 11.2 Å². The van der Waals surface area contributed by atoms with Crippen molar-refractivity contribution in [1.82, 2.24) is 29.6 Å². The molecule has 0 amide bonds. The molecule has 0 fully saturated rings. The second kappa shape index (κ2) is 8.74. The van der Waals surface area contributed by atoms with Gasteiger partial charge in [-0.2, -0.15) is 4.98 Å². The number of nitrogens with one attached hydrogen (secondary N) is 2. The van der Waals surface area contributed by atoms with Gasteiger partial charge in [-0.3, -0.25) is 4.79 Å². The zero-order chi connectivity index (χ0) is 24.7. The average molecular weight is 474 g/mol. The molecule has 8 nitrogen and oxygen atoms in total. The fraction of sp³-hybridized carbons (Fsp3) is 0.308. The summed E-state index contributed by atoms with van der Waals surface area (Å²) in [4.78, 5) is 26.8. The summed E-state index contributed by atoms with van der Waals surface area (Å²) < 4.78 is 17.7. The lowest BCUT2D eigenvalue weighted by molar-refractivity contribution is 0.496. The molecule has 0 saturated heterocycles. The molecule has 0 aliphatic carbocycles. The minimum atomic E-state index is -0.518. The van der Waals surface area contributed by atoms with Crippen LogP contribution in [-0.4, -0.2) is 30.9 Å². The Morgan fingerprint density at radius 1 is 1.20 bits per heavy atom. The first-order valence-corrected chi connectivity index (χ1v) is 11.6. The number of rotatable bonds is 5. The van der Waals surface area contributed by atoms with Gasteiger partial charge < -0.3 is 10.6 Å². The quantitative estimate of drug-likeness (QED) is 0.426. The van der Waals surface area contributed by atoms with Crippen LogP contribution in [0.3, 0.4) is 0 Å². The van der Waals surface area contributed by atoms with Crippen molar-refractivity contribution in [2.45, 2.75) is 45.7 Å². The van der Waals surface area contributed by atoms with Gasteiger partial charge in [-0.15, -0.1) is 6.58 Å². The fourth-order valence-corrected chi connectivity index (χ4v) is 4.37. The van der Waals surface area contributed by atoms with E-state index in [1.165, 1.54) is 28.1 Å². The largest absolute Gasteiger partial charge is 0.324 e. The Hall–Kier alpha value is -3.85. The molecule has 5 rings (SSSR count). The Bertz CT molecular complexity index is 1500. The summed E-state index contributed by atoms with van der Waals surface area (Å²) in [5, 5.41) is 6.98. The molecule has 0 bridgehead atoms. The standard InChI is InChI=1S/C26H28FN7O/c1-5-12-33-24(35)19-15-29-25(30-18-7-6-17-14-28-11-10-16(17)13-18)32-23(19)34(33)21-9-8-20(27)22(31-21)26(2,3)4/h5-9,13,15,28H,1,10-12,14H2,2-4H3,(H,29,30,32). The highest BCUT2D eigenvalue weighted by molar-refractivity contribution is 5.77. The summed E-state index contributed by atoms with van der Waals surface area (Å²) in [5.74, 6) is 0.361. The van der Waals surface area contributed by atoms with Gasteiger partial charge in [0.25, 0.3) is 5.56 Å². The molecule has 2 N–H and O–H groups in total. The van der Waals surface area contributed by atoms with Crippen molar-refractivity contribution < 1.29 is 4.39 Å². The molecule has 180 valence electrons. The maximum atomic E-state index is 14.6. The maximum Gasteiger partial charge on any atom is 0.278 e. The Kier molecular flexibility index (Phi) is 5.72. The molecule has 0 atom stereocenters. The number of hydrogen-bond donors (Lipinski definition) is 2. The van der Waals surface area contributed by atoms with Gasteiger partial charge in [0.2, 0.25) is 5.95 Å². The molecule has 0 unspecified atom stereocenters. The van der Waals surface area contributed by atoms with Crippen molar-refractivity contribution in [2.24, 2.45) is 0 Å². The van der Waals surface area contributed by atoms with Crippen molar-refractivity contribution in [3.63, 3.8) is 0 Å². The van der Waals surface area contributed by atoms with E-state index in [4.69, 9.17) is 0 Å². The molecule has 0 saturated carbocycles. The van der Waals surface area contributed by atoms with Gasteiger partial charge in [-0.1, -0.05) is 32.9 Å². The van der Waals surface area contributed by atoms with Crippen molar-refractivity contribution >= 4 is 22.7 Å². The van der Waals surface area contributed by atoms with Crippen LogP contribution in [0, 0.1) is 5.82 Å². The van der Waals surface area contributed by atoms with Crippen molar-refractivity contribution in [3.05, 3.63) is 82.2 Å². The zero-order valence-electron chi connectivity index (χ0n) is 20.1. The molecule has 0 spiro atoms. The predicted octanol–water partition coefficient (Wildman–Crippen LogP) is 3.99. The van der Waals surface area contributed by atoms with Crippen molar-refractivity contribution in [3.8, 4) is 5.82 Å². The third-order valence-electron chi connectivity index (χ3n) is 6.09. The first-order valence-electron chi connectivity index (χ1n) is 11.6. The first-order chi connectivity index (χ1) is 16.8. The predicted molar refractivity (Wildman–Crippen MR) is 135 cm³/mol. The van der Waals surface area contributed by atoms with Gasteiger partial charge >= 0.3 is 0 Å². The van der Waals surface area contributed by atoms with E-state index in [9.17, 15) is 9.18 Å². The molecular formula is C26H28FN7O. The summed E-state index contributed by atoms with van der Waals surface area (Å²) >= 11 is 0. The number of aromatic nitrogens is 5. The summed E-state index contributed by atoms with van der Waals surface area (Å²) in [6.07, 6.45) is 4.10. The number of anilines is 2. The van der Waals surface area contributed by atoms with Gasteiger partial charge in [-0.05, 0) is 48.4 Å². The number of pyridine rings is 1. The van der Waals surface area contributed by atoms with Crippen LogP contribution in [0.5, 0.6) is 0 Å². The molecule has 4 heterocycles. The molecular weight excluding hydrogens is 445 g/mol. The number of allylic oxidation sites excluding steroid dienone is 1. The van der Waals surface area contributed by atoms with Crippen LogP contribution in [0.15, 0.2) is 54.0 Å². The number of halogens is 1. The van der Waals surface area contributed by atoms with Crippen LogP contribution >= 0.6 is 0 Å². The van der Waals surface area contributed by atoms with Crippen LogP contribution in [-0.2, 0) is 24.9 Å². The van der Waals surface area contributed by atoms with E-state index in [0.717, 1.165) is 25.2 Å². The average Bonchev–Trinajstić information content (AvgIpc) is 3.10. The minimum Gasteiger partial charge on any atom is -0.324 e. The topological polar surface area (TPSA) is 89.7 Å². The lowest BCUT2D eigenvalue weighted by Crippen LogP contribution is -2.24. The van der Waals surface area contributed by atoms with Gasteiger partial charge in [0.05, 0.1) is 12.2 Å². The van der Waals surface area contributed by atoms with Crippen molar-refractivity contribution in [2.75, 3.05) is 11.9 Å². The Morgan fingerprint density at radius 2 is 2.03 bits per heavy atom. The highest BCUT2D eigenvalue weighted by Gasteiger charge is 2.24. The number of nitrogens with zero attached hydrogens (tertiary/aromatic N) is 5. The van der Waals surface area contributed by atoms with Crippen LogP contribution in [0.4, 0.5) is 16.0 Å². The van der Waals surface area contributed by atoms with Crippen LogP contribution in [0.1, 0.15) is 37.6 Å². The zero-order valence-corrected chi connectivity index (χ0v) is 20.1. The molecule has 4 aromatic rings. The molecule has 0 radical (unpaired) electrons. The first kappa shape index (κ1) is 22.9. The highest BCUT2D eigenvalue weighted by atomic mass is 19.1. The highest BCUT2D eigenvalue weighted by Crippen LogP contribution is 2.26. The second-order valence-electron chi connectivity index (χ2n) is 9.70. The molecule has 1 aromatic carbocycles. The van der Waals surface area contributed by atoms with E-state index in [0.29, 0.717) is 28.5 Å². The van der Waals surface area contributed by atoms with Crippen LogP contribution in [0.25, 0.3) is 16.9 Å². The molecule has 3 aromatic heterocycles. The Morgan fingerprint density at radius 3 is 2.80 bits per heavy atom. The van der Waals surface area contributed by atoms with Crippen LogP contribution < -0.4 is 16.2 Å². The van der Waals surface area contributed by atoms with Gasteiger partial charge in [-0.25, -0.2) is 23.7 Å². The monoisotopic (exact) mass is 473 g/mol. The lowest BCUT2D eigenvalue weighted by atomic mass is 9.91. The molecule has 9 heteroatoms. The van der Waals surface area contributed by atoms with E-state index in [1.54, 1.807) is 16.8 Å². The third kappa shape index (κ3) is 4.23. The second-order valence-corrected chi connectivity index (χ2v) is 9.70. The number of hydrogen-bond acceptors (Lipinski definition) is 6. The molecule has 1 aliphatic rings. The summed E-state index contributed by atoms with van der Waals surface area (Å²) in [5.41, 5.74) is 3.35. The van der Waals surface area contributed by atoms with E-state index in [2.05, 4.69) is 44.3 Å². The van der Waals surface area contributed by atoms with Crippen molar-refractivity contribution in [1.29, 1.82) is 0 Å². The SMILES string of the molecule is C=CCn1c(=O)c2cnc(Nc3ccc4c(c3)CCNC4)nc2n1-c1ccc(F)c(C(C)(C)C)n1.